The molecule has 1 unspecified atom stereocenters. The minimum Gasteiger partial charge on any atom is -0.481 e. The van der Waals surface area contributed by atoms with Gasteiger partial charge in [-0.05, 0) is 42.6 Å². The summed E-state index contributed by atoms with van der Waals surface area (Å²) >= 11 is 0. The number of carboxylic acids is 1. The molecule has 4 heteroatoms. The van der Waals surface area contributed by atoms with Crippen molar-refractivity contribution in [2.45, 2.75) is 19.3 Å². The van der Waals surface area contributed by atoms with Gasteiger partial charge >= 0.3 is 5.97 Å². The summed E-state index contributed by atoms with van der Waals surface area (Å²) in [4.78, 5) is 10.9. The molecule has 1 aromatic rings. The summed E-state index contributed by atoms with van der Waals surface area (Å²) in [6, 6.07) is 7.62. The number of aliphatic carboxylic acids is 1. The Morgan fingerprint density at radius 3 is 2.76 bits per heavy atom. The summed E-state index contributed by atoms with van der Waals surface area (Å²) < 4.78 is 0. The van der Waals surface area contributed by atoms with Gasteiger partial charge in [-0.25, -0.2) is 0 Å². The third-order valence-corrected chi connectivity index (χ3v) is 3.43. The van der Waals surface area contributed by atoms with E-state index in [-0.39, 0.29) is 11.8 Å². The average Bonchev–Trinajstić information content (AvgIpc) is 2.65. The monoisotopic (exact) mass is 230 g/mol. The lowest BCUT2D eigenvalue weighted by molar-refractivity contribution is -0.139. The third-order valence-electron chi connectivity index (χ3n) is 3.43. The average molecular weight is 230 g/mol. The van der Waals surface area contributed by atoms with Gasteiger partial charge in [0.25, 0.3) is 0 Å². The first kappa shape index (κ1) is 11.6. The van der Waals surface area contributed by atoms with E-state index in [4.69, 9.17) is 16.1 Å². The molecule has 0 bridgehead atoms. The Hall–Kier alpha value is -1.86. The van der Waals surface area contributed by atoms with Crippen molar-refractivity contribution in [2.24, 2.45) is 11.1 Å². The van der Waals surface area contributed by atoms with Crippen LogP contribution in [-0.2, 0) is 17.6 Å². The van der Waals surface area contributed by atoms with Crippen LogP contribution < -0.4 is 5.73 Å². The van der Waals surface area contributed by atoms with Crippen LogP contribution in [0.3, 0.4) is 0 Å². The summed E-state index contributed by atoms with van der Waals surface area (Å²) in [6.45, 7) is 0.357. The topological polar surface area (TPSA) is 87.1 Å². The predicted molar refractivity (Wildman–Crippen MR) is 62.3 cm³/mol. The lowest BCUT2D eigenvalue weighted by atomic mass is 9.81. The molecule has 0 amide bonds. The molecule has 2 rings (SSSR count). The van der Waals surface area contributed by atoms with Crippen molar-refractivity contribution in [2.75, 3.05) is 6.54 Å². The van der Waals surface area contributed by atoms with Crippen LogP contribution in [0.1, 0.15) is 23.1 Å². The van der Waals surface area contributed by atoms with Gasteiger partial charge in [0.2, 0.25) is 0 Å². The van der Waals surface area contributed by atoms with Gasteiger partial charge in [-0.15, -0.1) is 0 Å². The normalized spacial score (nSPS) is 21.9. The number of nitriles is 1. The second-order valence-corrected chi connectivity index (χ2v) is 4.72. The molecule has 0 radical (unpaired) electrons. The Bertz CT molecular complexity index is 505. The summed E-state index contributed by atoms with van der Waals surface area (Å²) in [5, 5.41) is 17.8. The maximum absolute atomic E-state index is 10.9. The van der Waals surface area contributed by atoms with Crippen molar-refractivity contribution in [3.8, 4) is 6.07 Å². The molecular weight excluding hydrogens is 216 g/mol. The van der Waals surface area contributed by atoms with E-state index in [1.807, 2.05) is 12.1 Å². The van der Waals surface area contributed by atoms with E-state index in [2.05, 4.69) is 6.07 Å². The van der Waals surface area contributed by atoms with Gasteiger partial charge in [-0.1, -0.05) is 6.07 Å². The molecule has 0 fully saturated rings. The number of fused-ring (bicyclic) bond motifs is 1. The van der Waals surface area contributed by atoms with Gasteiger partial charge in [0.1, 0.15) is 0 Å². The number of nitrogens with zero attached hydrogens (tertiary/aromatic N) is 1. The number of carboxylic acid groups (broad SMARTS) is 1. The molecule has 0 aliphatic heterocycles. The summed E-state index contributed by atoms with van der Waals surface area (Å²) in [6.07, 6.45) is 1.43. The van der Waals surface area contributed by atoms with Crippen molar-refractivity contribution in [1.29, 1.82) is 5.26 Å². The maximum Gasteiger partial charge on any atom is 0.303 e. The molecule has 3 N–H and O–H groups in total. The van der Waals surface area contributed by atoms with Gasteiger partial charge < -0.3 is 10.8 Å². The second-order valence-electron chi connectivity index (χ2n) is 4.72. The molecule has 0 aromatic heterocycles. The van der Waals surface area contributed by atoms with Gasteiger partial charge in [-0.3, -0.25) is 4.79 Å². The zero-order valence-electron chi connectivity index (χ0n) is 9.44. The zero-order chi connectivity index (χ0) is 12.5. The highest BCUT2D eigenvalue weighted by molar-refractivity contribution is 5.68. The first-order valence-corrected chi connectivity index (χ1v) is 5.52. The standard InChI is InChI=1S/C13H14N2O2/c14-7-9-1-2-10-4-13(8-15,6-12(16)17)5-11(10)3-9/h1-3H,4-6,8,15H2,(H,16,17). The predicted octanol–water partition coefficient (Wildman–Crippen LogP) is 1.08. The third kappa shape index (κ3) is 2.15. The van der Waals surface area contributed by atoms with Gasteiger partial charge in [0.05, 0.1) is 18.1 Å². The second kappa shape index (κ2) is 4.19. The van der Waals surface area contributed by atoms with Gasteiger partial charge in [0.15, 0.2) is 0 Å². The number of hydrogen-bond donors (Lipinski definition) is 2. The van der Waals surface area contributed by atoms with E-state index >= 15 is 0 Å². The van der Waals surface area contributed by atoms with Crippen LogP contribution in [0.5, 0.6) is 0 Å². The Labute approximate surface area is 99.7 Å². The van der Waals surface area contributed by atoms with Crippen molar-refractivity contribution >= 4 is 5.97 Å². The maximum atomic E-state index is 10.9. The lowest BCUT2D eigenvalue weighted by Crippen LogP contribution is -2.33. The van der Waals surface area contributed by atoms with Crippen molar-refractivity contribution in [3.05, 3.63) is 34.9 Å². The van der Waals surface area contributed by atoms with E-state index in [0.29, 0.717) is 24.9 Å². The highest BCUT2D eigenvalue weighted by Gasteiger charge is 2.38. The molecule has 0 saturated carbocycles. The molecular formula is C13H14N2O2. The molecule has 1 aromatic carbocycles. The summed E-state index contributed by atoms with van der Waals surface area (Å²) in [5.41, 5.74) is 8.17. The van der Waals surface area contributed by atoms with E-state index in [1.54, 1.807) is 6.07 Å². The molecule has 0 saturated heterocycles. The largest absolute Gasteiger partial charge is 0.481 e. The number of benzene rings is 1. The van der Waals surface area contributed by atoms with E-state index in [0.717, 1.165) is 11.1 Å². The van der Waals surface area contributed by atoms with Gasteiger partial charge in [0, 0.05) is 5.41 Å². The molecule has 0 heterocycles. The SMILES string of the molecule is N#Cc1ccc2c(c1)CC(CN)(CC(=O)O)C2. The minimum absolute atomic E-state index is 0.0834. The first-order chi connectivity index (χ1) is 8.08. The zero-order valence-corrected chi connectivity index (χ0v) is 9.44. The summed E-state index contributed by atoms with van der Waals surface area (Å²) in [5.74, 6) is -0.816. The summed E-state index contributed by atoms with van der Waals surface area (Å²) in [7, 11) is 0. The Balaban J connectivity index is 2.30. The smallest absolute Gasteiger partial charge is 0.303 e. The van der Waals surface area contributed by atoms with Crippen LogP contribution >= 0.6 is 0 Å². The fraction of sp³-hybridized carbons (Fsp3) is 0.385. The Morgan fingerprint density at radius 1 is 1.47 bits per heavy atom. The molecule has 88 valence electrons. The molecule has 0 spiro atoms. The van der Waals surface area contributed by atoms with Crippen LogP contribution in [0.25, 0.3) is 0 Å². The fourth-order valence-electron chi connectivity index (χ4n) is 2.57. The van der Waals surface area contributed by atoms with Crippen LogP contribution in [0.2, 0.25) is 0 Å². The molecule has 4 nitrogen and oxygen atoms in total. The van der Waals surface area contributed by atoms with Crippen LogP contribution in [0.4, 0.5) is 0 Å². The van der Waals surface area contributed by atoms with Crippen LogP contribution in [-0.4, -0.2) is 17.6 Å². The van der Waals surface area contributed by atoms with Crippen molar-refractivity contribution in [1.82, 2.24) is 0 Å². The van der Waals surface area contributed by atoms with Gasteiger partial charge in [-0.2, -0.15) is 5.26 Å². The molecule has 1 aliphatic carbocycles. The Morgan fingerprint density at radius 2 is 2.18 bits per heavy atom. The lowest BCUT2D eigenvalue weighted by Gasteiger charge is -2.24. The Kier molecular flexibility index (Phi) is 2.86. The highest BCUT2D eigenvalue weighted by Crippen LogP contribution is 2.39. The fourth-order valence-corrected chi connectivity index (χ4v) is 2.57. The number of carbonyl (C=O) groups is 1. The number of nitrogens with two attached hydrogens (primary N) is 1. The minimum atomic E-state index is -0.816. The quantitative estimate of drug-likeness (QED) is 0.813. The van der Waals surface area contributed by atoms with Crippen molar-refractivity contribution < 1.29 is 9.90 Å². The molecule has 1 atom stereocenters. The van der Waals surface area contributed by atoms with E-state index in [9.17, 15) is 4.79 Å². The number of rotatable bonds is 3. The van der Waals surface area contributed by atoms with Crippen molar-refractivity contribution in [3.63, 3.8) is 0 Å². The molecule has 1 aliphatic rings. The van der Waals surface area contributed by atoms with Crippen LogP contribution in [0.15, 0.2) is 18.2 Å². The number of hydrogen-bond acceptors (Lipinski definition) is 3. The van der Waals surface area contributed by atoms with E-state index < -0.39 is 5.97 Å². The molecule has 17 heavy (non-hydrogen) atoms. The first-order valence-electron chi connectivity index (χ1n) is 5.52. The van der Waals surface area contributed by atoms with Crippen LogP contribution in [0, 0.1) is 16.7 Å². The van der Waals surface area contributed by atoms with E-state index in [1.165, 1.54) is 0 Å². The highest BCUT2D eigenvalue weighted by atomic mass is 16.4.